The minimum absolute atomic E-state index is 0.000451. The van der Waals surface area contributed by atoms with Gasteiger partial charge in [0.1, 0.15) is 5.56 Å². The third kappa shape index (κ3) is 4.07. The Kier molecular flexibility index (Phi) is 5.36. The van der Waals surface area contributed by atoms with Crippen LogP contribution in [-0.4, -0.2) is 47.3 Å². The number of H-pyrrole nitrogens is 1. The molecule has 1 atom stereocenters. The van der Waals surface area contributed by atoms with Crippen molar-refractivity contribution in [2.75, 3.05) is 19.6 Å². The van der Waals surface area contributed by atoms with E-state index in [4.69, 9.17) is 0 Å². The van der Waals surface area contributed by atoms with Crippen LogP contribution in [-0.2, 0) is 0 Å². The minimum atomic E-state index is -0.458. The van der Waals surface area contributed by atoms with E-state index in [9.17, 15) is 14.4 Å². The molecular weight excluding hydrogens is 294 g/mol. The molecule has 1 aliphatic rings. The number of aromatic nitrogens is 1. The highest BCUT2D eigenvalue weighted by molar-refractivity contribution is 5.99. The smallest absolute Gasteiger partial charge is 0.261 e. The molecule has 6 heteroatoms. The molecule has 6 nitrogen and oxygen atoms in total. The third-order valence-corrected chi connectivity index (χ3v) is 4.46. The maximum Gasteiger partial charge on any atom is 0.261 e. The molecule has 2 rings (SSSR count). The highest BCUT2D eigenvalue weighted by Gasteiger charge is 2.25. The van der Waals surface area contributed by atoms with Crippen LogP contribution in [0.15, 0.2) is 10.9 Å². The third-order valence-electron chi connectivity index (χ3n) is 4.46. The van der Waals surface area contributed by atoms with Gasteiger partial charge < -0.3 is 15.2 Å². The van der Waals surface area contributed by atoms with Gasteiger partial charge in [-0.15, -0.1) is 0 Å². The summed E-state index contributed by atoms with van der Waals surface area (Å²) in [5.41, 5.74) is 0.406. The normalized spacial score (nSPS) is 18.4. The highest BCUT2D eigenvalue weighted by Crippen LogP contribution is 2.17. The van der Waals surface area contributed by atoms with Crippen LogP contribution in [0.3, 0.4) is 0 Å². The lowest BCUT2D eigenvalue weighted by molar-refractivity contribution is 0.0945. The van der Waals surface area contributed by atoms with Crippen molar-refractivity contribution < 1.29 is 9.59 Å². The predicted octanol–water partition coefficient (Wildman–Crippen LogP) is 1.35. The summed E-state index contributed by atoms with van der Waals surface area (Å²) in [6.07, 6.45) is 1.04. The van der Waals surface area contributed by atoms with E-state index >= 15 is 0 Å². The maximum atomic E-state index is 12.3. The van der Waals surface area contributed by atoms with Crippen molar-refractivity contribution in [1.82, 2.24) is 15.2 Å². The largest absolute Gasteiger partial charge is 0.352 e. The number of ketones is 1. The molecular formula is C17H25N3O3. The zero-order chi connectivity index (χ0) is 17.1. The minimum Gasteiger partial charge on any atom is -0.352 e. The van der Waals surface area contributed by atoms with Crippen LogP contribution in [0.2, 0.25) is 0 Å². The number of Topliss-reactive ketones (excluding diaryl/α,β-unsaturated/α-hetero) is 1. The molecule has 1 amide bonds. The maximum absolute atomic E-state index is 12.3. The molecule has 0 radical (unpaired) electrons. The monoisotopic (exact) mass is 319 g/mol. The lowest BCUT2D eigenvalue weighted by Crippen LogP contribution is -2.35. The van der Waals surface area contributed by atoms with Crippen molar-refractivity contribution in [3.05, 3.63) is 33.2 Å². The molecule has 1 saturated heterocycles. The van der Waals surface area contributed by atoms with Crippen molar-refractivity contribution in [1.29, 1.82) is 0 Å². The Labute approximate surface area is 136 Å². The van der Waals surface area contributed by atoms with Gasteiger partial charge in [0.15, 0.2) is 5.78 Å². The van der Waals surface area contributed by atoms with E-state index in [0.29, 0.717) is 29.8 Å². The Hall–Kier alpha value is -1.95. The first-order valence-corrected chi connectivity index (χ1v) is 8.06. The summed E-state index contributed by atoms with van der Waals surface area (Å²) >= 11 is 0. The standard InChI is InChI=1S/C17H25N3O3/c1-10(2)20-6-5-13(9-20)8-18-16(22)15-7-14(12(4)21)11(3)19-17(15)23/h7,10,13H,5-6,8-9H2,1-4H3,(H,18,22)(H,19,23). The molecule has 0 aromatic carbocycles. The van der Waals surface area contributed by atoms with E-state index in [1.165, 1.54) is 13.0 Å². The Bertz CT molecular complexity index is 664. The van der Waals surface area contributed by atoms with Crippen molar-refractivity contribution in [3.8, 4) is 0 Å². The Balaban J connectivity index is 2.03. The number of hydrogen-bond acceptors (Lipinski definition) is 4. The van der Waals surface area contributed by atoms with Gasteiger partial charge in [-0.1, -0.05) is 0 Å². The summed E-state index contributed by atoms with van der Waals surface area (Å²) in [6.45, 7) is 9.94. The Morgan fingerprint density at radius 3 is 2.65 bits per heavy atom. The van der Waals surface area contributed by atoms with Gasteiger partial charge in [0.25, 0.3) is 11.5 Å². The van der Waals surface area contributed by atoms with E-state index in [-0.39, 0.29) is 11.3 Å². The molecule has 0 saturated carbocycles. The van der Waals surface area contributed by atoms with Gasteiger partial charge in [0.2, 0.25) is 0 Å². The van der Waals surface area contributed by atoms with Crippen LogP contribution >= 0.6 is 0 Å². The van der Waals surface area contributed by atoms with Crippen molar-refractivity contribution in [2.45, 2.75) is 40.2 Å². The summed E-state index contributed by atoms with van der Waals surface area (Å²) in [4.78, 5) is 40.7. The topological polar surface area (TPSA) is 82.3 Å². The fourth-order valence-electron chi connectivity index (χ4n) is 2.99. The number of hydrogen-bond donors (Lipinski definition) is 2. The fourth-order valence-corrected chi connectivity index (χ4v) is 2.99. The van der Waals surface area contributed by atoms with Gasteiger partial charge in [-0.2, -0.15) is 0 Å². The van der Waals surface area contributed by atoms with Crippen LogP contribution in [0.1, 0.15) is 53.6 Å². The summed E-state index contributed by atoms with van der Waals surface area (Å²) in [7, 11) is 0. The number of pyridine rings is 1. The van der Waals surface area contributed by atoms with Crippen LogP contribution in [0.4, 0.5) is 0 Å². The number of carbonyl (C=O) groups is 2. The van der Waals surface area contributed by atoms with Gasteiger partial charge in [-0.05, 0) is 52.6 Å². The number of likely N-dealkylation sites (tertiary alicyclic amines) is 1. The molecule has 0 bridgehead atoms. The molecule has 2 N–H and O–H groups in total. The lowest BCUT2D eigenvalue weighted by Gasteiger charge is -2.20. The molecule has 23 heavy (non-hydrogen) atoms. The number of aryl methyl sites for hydroxylation is 1. The number of nitrogens with one attached hydrogen (secondary N) is 2. The second-order valence-electron chi connectivity index (χ2n) is 6.56. The summed E-state index contributed by atoms with van der Waals surface area (Å²) < 4.78 is 0. The zero-order valence-corrected chi connectivity index (χ0v) is 14.2. The summed E-state index contributed by atoms with van der Waals surface area (Å²) in [5, 5.41) is 2.83. The van der Waals surface area contributed by atoms with Crippen LogP contribution < -0.4 is 10.9 Å². The number of amides is 1. The van der Waals surface area contributed by atoms with Gasteiger partial charge >= 0.3 is 0 Å². The fraction of sp³-hybridized carbons (Fsp3) is 0.588. The van der Waals surface area contributed by atoms with Crippen molar-refractivity contribution in [2.24, 2.45) is 5.92 Å². The molecule has 1 aromatic rings. The average Bonchev–Trinajstić information content (AvgIpc) is 2.93. The second-order valence-corrected chi connectivity index (χ2v) is 6.56. The first-order valence-electron chi connectivity index (χ1n) is 8.06. The van der Waals surface area contributed by atoms with Gasteiger partial charge in [-0.25, -0.2) is 0 Å². The Morgan fingerprint density at radius 1 is 1.39 bits per heavy atom. The average molecular weight is 319 g/mol. The second kappa shape index (κ2) is 7.08. The van der Waals surface area contributed by atoms with E-state index in [0.717, 1.165) is 19.5 Å². The first kappa shape index (κ1) is 17.4. The molecule has 0 aliphatic carbocycles. The Morgan fingerprint density at radius 2 is 2.09 bits per heavy atom. The van der Waals surface area contributed by atoms with E-state index < -0.39 is 11.5 Å². The predicted molar refractivity (Wildman–Crippen MR) is 89.0 cm³/mol. The van der Waals surface area contributed by atoms with Gasteiger partial charge in [-0.3, -0.25) is 14.4 Å². The molecule has 1 aromatic heterocycles. The van der Waals surface area contributed by atoms with Crippen LogP contribution in [0.5, 0.6) is 0 Å². The zero-order valence-electron chi connectivity index (χ0n) is 14.2. The van der Waals surface area contributed by atoms with Crippen molar-refractivity contribution >= 4 is 11.7 Å². The highest BCUT2D eigenvalue weighted by atomic mass is 16.2. The summed E-state index contributed by atoms with van der Waals surface area (Å²) in [5.74, 6) is -0.189. The quantitative estimate of drug-likeness (QED) is 0.803. The van der Waals surface area contributed by atoms with E-state index in [2.05, 4.69) is 29.0 Å². The molecule has 0 spiro atoms. The number of carbonyl (C=O) groups excluding carboxylic acids is 2. The molecule has 1 fully saturated rings. The van der Waals surface area contributed by atoms with Crippen molar-refractivity contribution in [3.63, 3.8) is 0 Å². The van der Waals surface area contributed by atoms with Crippen LogP contribution in [0, 0.1) is 12.8 Å². The van der Waals surface area contributed by atoms with Crippen LogP contribution in [0.25, 0.3) is 0 Å². The summed E-state index contributed by atoms with van der Waals surface area (Å²) in [6, 6.07) is 1.90. The van der Waals surface area contributed by atoms with Gasteiger partial charge in [0.05, 0.1) is 0 Å². The van der Waals surface area contributed by atoms with E-state index in [1.807, 2.05) is 0 Å². The lowest BCUT2D eigenvalue weighted by atomic mass is 10.1. The van der Waals surface area contributed by atoms with Gasteiger partial charge in [0, 0.05) is 30.4 Å². The molecule has 1 aliphatic heterocycles. The van der Waals surface area contributed by atoms with E-state index in [1.54, 1.807) is 6.92 Å². The molecule has 1 unspecified atom stereocenters. The first-order chi connectivity index (χ1) is 10.8. The molecule has 2 heterocycles. The molecule has 126 valence electrons. The number of aromatic amines is 1. The number of rotatable bonds is 5. The SMILES string of the molecule is CC(=O)c1cc(C(=O)NCC2CCN(C(C)C)C2)c(=O)[nH]c1C. The number of nitrogens with zero attached hydrogens (tertiary/aromatic N) is 1.